The lowest BCUT2D eigenvalue weighted by Gasteiger charge is -2.22. The van der Waals surface area contributed by atoms with Crippen molar-refractivity contribution in [2.75, 3.05) is 102 Å². The number of amides is 8. The van der Waals surface area contributed by atoms with Crippen LogP contribution in [0.15, 0.2) is 194 Å². The van der Waals surface area contributed by atoms with Crippen molar-refractivity contribution in [1.82, 2.24) is 37.2 Å². The summed E-state index contributed by atoms with van der Waals surface area (Å²) in [6.07, 6.45) is 4.22. The Morgan fingerprint density at radius 1 is 0.299 bits per heavy atom. The van der Waals surface area contributed by atoms with Crippen LogP contribution in [0.4, 0.5) is 22.7 Å². The van der Waals surface area contributed by atoms with E-state index < -0.39 is 71.4 Å². The minimum Gasteiger partial charge on any atom is -0.496 e. The van der Waals surface area contributed by atoms with Crippen LogP contribution in [0.2, 0.25) is 0 Å². The van der Waals surface area contributed by atoms with E-state index >= 15 is 0 Å². The molecule has 0 spiro atoms. The highest BCUT2D eigenvalue weighted by molar-refractivity contribution is 6.08. The van der Waals surface area contributed by atoms with E-state index in [1.807, 2.05) is 24.3 Å². The number of unbranched alkanes of at least 4 members (excludes halogenated alkanes) is 4. The molecule has 0 aliphatic heterocycles. The number of carbonyl (C=O) groups excluding carboxylic acids is 12. The van der Waals surface area contributed by atoms with Gasteiger partial charge in [-0.05, 0) is 170 Å². The van der Waals surface area contributed by atoms with Gasteiger partial charge in [0, 0.05) is 45.0 Å². The second-order valence-corrected chi connectivity index (χ2v) is 27.5. The maximum Gasteiger partial charge on any atom is 0.255 e. The molecule has 29 heteroatoms. The second-order valence-electron chi connectivity index (χ2n) is 27.5. The third kappa shape index (κ3) is 28.9. The Kier molecular flexibility index (Phi) is 36.6. The largest absolute Gasteiger partial charge is 0.496 e. The minimum absolute atomic E-state index is 0.00402. The number of hydrogen-bond donors (Lipinski definition) is 13. The first-order valence-corrected chi connectivity index (χ1v) is 38.8. The Labute approximate surface area is 680 Å². The summed E-state index contributed by atoms with van der Waals surface area (Å²) in [5, 5.41) is 32.3. The highest BCUT2D eigenvalue weighted by Gasteiger charge is 2.30. The average molecular weight is 1600 g/mol. The van der Waals surface area contributed by atoms with Gasteiger partial charge in [-0.1, -0.05) is 128 Å². The van der Waals surface area contributed by atoms with Gasteiger partial charge < -0.3 is 88.9 Å². The number of rotatable bonds is 51. The Morgan fingerprint density at radius 2 is 0.538 bits per heavy atom. The summed E-state index contributed by atoms with van der Waals surface area (Å²) in [6.45, 7) is 2.01. The quantitative estimate of drug-likeness (QED) is 0.0125. The summed E-state index contributed by atoms with van der Waals surface area (Å²) >= 11 is 0. The summed E-state index contributed by atoms with van der Waals surface area (Å²) in [4.78, 5) is 165. The molecular weight excluding hydrogens is 1500 g/mol. The summed E-state index contributed by atoms with van der Waals surface area (Å²) in [5.74, 6) is -5.71. The van der Waals surface area contributed by atoms with E-state index in [1.165, 1.54) is 95.2 Å². The Bertz CT molecular complexity index is 4690. The van der Waals surface area contributed by atoms with Crippen LogP contribution in [-0.2, 0) is 19.2 Å². The van der Waals surface area contributed by atoms with Crippen LogP contribution in [-0.4, -0.2) is 175 Å². The SMILES string of the molecule is COc1ccc(NC(=O)[C@H](CCCCNCC(=O)c2ccccc2)NC(=O)c2cc(NC(=O)[C@H](CCCCNCC(=O)c3ccccc3)NC(=O)c3cc(NC(=O)[C@H](CCCCNCC(=O)c4ccccc4)NC(=O)c4cc(NC(=O)[C@@H](N)CCCCNCC(=O)c5ccccc5)ccc4OC)ccc3OC)ccc2OC)cc1C(N)=O. The lowest BCUT2D eigenvalue weighted by Crippen LogP contribution is -2.44. The molecule has 117 heavy (non-hydrogen) atoms. The van der Waals surface area contributed by atoms with Crippen molar-refractivity contribution >= 4 is 93.1 Å². The van der Waals surface area contributed by atoms with Gasteiger partial charge in [0.1, 0.15) is 41.1 Å². The number of methoxy groups -OCH3 is 4. The number of primary amides is 1. The summed E-state index contributed by atoms with van der Waals surface area (Å²) < 4.78 is 22.2. The molecule has 0 bridgehead atoms. The zero-order valence-corrected chi connectivity index (χ0v) is 66.1. The van der Waals surface area contributed by atoms with Crippen molar-refractivity contribution in [3.63, 3.8) is 0 Å². The van der Waals surface area contributed by atoms with E-state index in [1.54, 1.807) is 103 Å². The molecule has 616 valence electrons. The van der Waals surface area contributed by atoms with Crippen LogP contribution in [0.25, 0.3) is 0 Å². The number of ether oxygens (including phenoxy) is 4. The number of hydrogen-bond acceptors (Lipinski definition) is 21. The predicted octanol–water partition coefficient (Wildman–Crippen LogP) is 8.87. The van der Waals surface area contributed by atoms with Crippen LogP contribution in [0.1, 0.15) is 160 Å². The van der Waals surface area contributed by atoms with Gasteiger partial charge in [-0.3, -0.25) is 57.5 Å². The molecule has 8 aromatic rings. The summed E-state index contributed by atoms with van der Waals surface area (Å²) in [5.41, 5.74) is 14.5. The Balaban J connectivity index is 0.978. The number of Topliss-reactive ketones (excluding diaryl/α,β-unsaturated/α-hetero) is 4. The smallest absolute Gasteiger partial charge is 0.255 e. The average Bonchev–Trinajstić information content (AvgIpc) is 0.831. The fourth-order valence-electron chi connectivity index (χ4n) is 12.6. The van der Waals surface area contributed by atoms with Crippen LogP contribution < -0.4 is 88.9 Å². The molecule has 0 aromatic heterocycles. The number of anilines is 4. The summed E-state index contributed by atoms with van der Waals surface area (Å²) in [7, 11) is 5.38. The van der Waals surface area contributed by atoms with Crippen LogP contribution >= 0.6 is 0 Å². The van der Waals surface area contributed by atoms with Crippen LogP contribution in [0.5, 0.6) is 23.0 Å². The highest BCUT2D eigenvalue weighted by atomic mass is 16.5. The number of nitrogens with one attached hydrogen (secondary N) is 11. The molecule has 8 aromatic carbocycles. The molecule has 15 N–H and O–H groups in total. The van der Waals surface area contributed by atoms with Crippen molar-refractivity contribution in [2.45, 2.75) is 101 Å². The molecule has 8 amide bonds. The van der Waals surface area contributed by atoms with Gasteiger partial charge in [0.25, 0.3) is 23.6 Å². The van der Waals surface area contributed by atoms with Gasteiger partial charge in [0.15, 0.2) is 23.1 Å². The van der Waals surface area contributed by atoms with E-state index in [9.17, 15) is 57.5 Å². The molecule has 0 aliphatic carbocycles. The Morgan fingerprint density at radius 3 is 0.795 bits per heavy atom. The third-order valence-electron chi connectivity index (χ3n) is 19.0. The molecule has 0 unspecified atom stereocenters. The number of benzene rings is 8. The molecule has 0 saturated heterocycles. The van der Waals surface area contributed by atoms with E-state index in [0.29, 0.717) is 106 Å². The predicted molar refractivity (Wildman–Crippen MR) is 447 cm³/mol. The van der Waals surface area contributed by atoms with Gasteiger partial charge >= 0.3 is 0 Å². The maximum atomic E-state index is 14.9. The molecule has 8 rings (SSSR count). The second kappa shape index (κ2) is 47.8. The molecule has 0 radical (unpaired) electrons. The van der Waals surface area contributed by atoms with Crippen molar-refractivity contribution < 1.29 is 76.5 Å². The van der Waals surface area contributed by atoms with E-state index in [-0.39, 0.29) is 137 Å². The van der Waals surface area contributed by atoms with Gasteiger partial charge in [0.2, 0.25) is 23.6 Å². The van der Waals surface area contributed by atoms with Gasteiger partial charge in [-0.25, -0.2) is 0 Å². The topological polar surface area (TPSA) is 426 Å². The third-order valence-corrected chi connectivity index (χ3v) is 19.0. The first-order chi connectivity index (χ1) is 56.7. The minimum atomic E-state index is -1.30. The van der Waals surface area contributed by atoms with Gasteiger partial charge in [0.05, 0.1) is 82.9 Å². The molecule has 0 heterocycles. The molecule has 0 saturated carbocycles. The van der Waals surface area contributed by atoms with E-state index in [4.69, 9.17) is 30.4 Å². The summed E-state index contributed by atoms with van der Waals surface area (Å²) in [6, 6.07) is 47.9. The van der Waals surface area contributed by atoms with E-state index in [2.05, 4.69) is 58.5 Å². The van der Waals surface area contributed by atoms with Crippen molar-refractivity contribution in [3.05, 3.63) is 239 Å². The number of carbonyl (C=O) groups is 12. The number of nitrogens with two attached hydrogens (primary N) is 2. The molecule has 0 aliphatic rings. The fraction of sp³-hybridized carbons (Fsp3) is 0.318. The first-order valence-electron chi connectivity index (χ1n) is 38.8. The molecular formula is C88H103N13O16. The van der Waals surface area contributed by atoms with E-state index in [0.717, 1.165) is 0 Å². The maximum absolute atomic E-state index is 14.9. The van der Waals surface area contributed by atoms with Gasteiger partial charge in [-0.2, -0.15) is 0 Å². The zero-order valence-electron chi connectivity index (χ0n) is 66.1. The monoisotopic (exact) mass is 1600 g/mol. The highest BCUT2D eigenvalue weighted by Crippen LogP contribution is 2.29. The zero-order chi connectivity index (χ0) is 83.9. The van der Waals surface area contributed by atoms with Crippen LogP contribution in [0.3, 0.4) is 0 Å². The molecule has 0 fully saturated rings. The molecule has 29 nitrogen and oxygen atoms in total. The van der Waals surface area contributed by atoms with Crippen molar-refractivity contribution in [2.24, 2.45) is 11.5 Å². The Hall–Kier alpha value is -12.8. The lowest BCUT2D eigenvalue weighted by molar-refractivity contribution is -0.118. The standard InChI is InChI=1S/C88H103N13O16/c1-114-77-41-37-61(49-65(77)81(90)106)96-86(111)70(34-18-22-46-92-54-74(103)58-27-11-6-12-28-58)99-83(108)67-51-63(39-43-79(67)116-3)98-88(113)72(36-20-24-48-94-56-76(105)60-31-15-8-16-32-60)101-84(109)68-52-64(40-44-80(68)117-4)97-87(112)71(35-19-23-47-93-55-75(104)59-29-13-7-14-30-59)100-82(107)66-50-62(38-42-78(66)115-2)95-85(110)69(89)33-17-21-45-91-53-73(102)57-25-9-5-10-26-57/h5-16,25-32,37-44,49-52,69-72,91-94H,17-24,33-36,45-48,53-56,89H2,1-4H3,(H2,90,106)(H,95,110)(H,96,111)(H,97,112)(H,98,113)(H,99,108)(H,100,107)(H,101,109)/t69-,70-,71-,72-/m0/s1. The number of ketones is 4. The van der Waals surface area contributed by atoms with Crippen molar-refractivity contribution in [3.8, 4) is 23.0 Å². The fourth-order valence-corrected chi connectivity index (χ4v) is 12.6. The lowest BCUT2D eigenvalue weighted by atomic mass is 10.0. The van der Waals surface area contributed by atoms with Crippen molar-refractivity contribution in [1.29, 1.82) is 0 Å². The normalized spacial score (nSPS) is 11.9. The first kappa shape index (κ1) is 89.7. The van der Waals surface area contributed by atoms with Gasteiger partial charge in [-0.15, -0.1) is 0 Å². The van der Waals surface area contributed by atoms with Crippen LogP contribution in [0, 0.1) is 0 Å². The molecule has 4 atom stereocenters.